The van der Waals surface area contributed by atoms with Crippen LogP contribution in [0.1, 0.15) is 22.8 Å². The van der Waals surface area contributed by atoms with Gasteiger partial charge in [0.2, 0.25) is 0 Å². The van der Waals surface area contributed by atoms with E-state index in [9.17, 15) is 9.59 Å². The Hall–Kier alpha value is -3.61. The molecule has 2 aromatic carbocycles. The number of carbonyl (C=O) groups is 2. The van der Waals surface area contributed by atoms with Crippen molar-refractivity contribution in [2.45, 2.75) is 6.92 Å². The number of ether oxygens (including phenoxy) is 2. The third-order valence-electron chi connectivity index (χ3n) is 4.16. The molecule has 0 fully saturated rings. The van der Waals surface area contributed by atoms with Crippen molar-refractivity contribution in [2.75, 3.05) is 19.2 Å². The third kappa shape index (κ3) is 3.52. The van der Waals surface area contributed by atoms with E-state index >= 15 is 0 Å². The van der Waals surface area contributed by atoms with Crippen LogP contribution < -0.4 is 14.5 Å². The predicted octanol–water partition coefficient (Wildman–Crippen LogP) is 3.21. The summed E-state index contributed by atoms with van der Waals surface area (Å²) in [6.45, 7) is 1.74. The quantitative estimate of drug-likeness (QED) is 0.821. The van der Waals surface area contributed by atoms with E-state index in [0.717, 1.165) is 0 Å². The number of hydrazone groups is 1. The molecule has 3 rings (SSSR count). The minimum atomic E-state index is -1.03. The smallest absolute Gasteiger partial charge is 0.335 e. The molecular weight excluding hydrogens is 348 g/mol. The number of hydrogen-bond donors (Lipinski definition) is 1. The maximum atomic E-state index is 12.8. The van der Waals surface area contributed by atoms with E-state index in [0.29, 0.717) is 34.0 Å². The normalized spacial score (nSPS) is 15.1. The molecule has 0 spiro atoms. The molecule has 1 heterocycles. The minimum absolute atomic E-state index is 0.142. The fourth-order valence-electron chi connectivity index (χ4n) is 2.71. The Labute approximate surface area is 156 Å². The van der Waals surface area contributed by atoms with Crippen LogP contribution in [0.15, 0.2) is 53.1 Å². The second-order valence-electron chi connectivity index (χ2n) is 5.82. The van der Waals surface area contributed by atoms with Gasteiger partial charge >= 0.3 is 5.97 Å². The highest BCUT2D eigenvalue weighted by molar-refractivity contribution is 6.32. The Morgan fingerprint density at radius 2 is 1.81 bits per heavy atom. The average Bonchev–Trinajstić information content (AvgIpc) is 2.96. The summed E-state index contributed by atoms with van der Waals surface area (Å²) in [7, 11) is 3.12. The number of carboxylic acid groups (broad SMARTS) is 1. The number of aromatic carboxylic acids is 1. The number of carboxylic acids is 1. The van der Waals surface area contributed by atoms with E-state index < -0.39 is 5.97 Å². The number of rotatable bonds is 5. The number of nitrogens with zero attached hydrogens (tertiary/aromatic N) is 2. The van der Waals surface area contributed by atoms with Gasteiger partial charge in [-0.3, -0.25) is 4.79 Å². The number of benzene rings is 2. The van der Waals surface area contributed by atoms with Gasteiger partial charge in [-0.15, -0.1) is 0 Å². The zero-order chi connectivity index (χ0) is 19.6. The van der Waals surface area contributed by atoms with Gasteiger partial charge in [-0.05, 0) is 55.5 Å². The number of amides is 1. The number of hydrogen-bond acceptors (Lipinski definition) is 5. The molecule has 1 amide bonds. The van der Waals surface area contributed by atoms with Gasteiger partial charge in [0.15, 0.2) is 0 Å². The van der Waals surface area contributed by atoms with E-state index in [1.54, 1.807) is 57.6 Å². The predicted molar refractivity (Wildman–Crippen MR) is 102 cm³/mol. The summed E-state index contributed by atoms with van der Waals surface area (Å²) in [5, 5.41) is 14.5. The first-order valence-corrected chi connectivity index (χ1v) is 8.11. The van der Waals surface area contributed by atoms with Crippen molar-refractivity contribution in [3.8, 4) is 11.5 Å². The molecule has 0 saturated carbocycles. The maximum Gasteiger partial charge on any atom is 0.335 e. The van der Waals surface area contributed by atoms with Crippen LogP contribution in [0.5, 0.6) is 11.5 Å². The van der Waals surface area contributed by atoms with Crippen LogP contribution >= 0.6 is 0 Å². The Bertz CT molecular complexity index is 961. The van der Waals surface area contributed by atoms with Crippen LogP contribution in [0.4, 0.5) is 5.69 Å². The highest BCUT2D eigenvalue weighted by Crippen LogP contribution is 2.30. The molecule has 27 heavy (non-hydrogen) atoms. The van der Waals surface area contributed by atoms with Gasteiger partial charge in [0.25, 0.3) is 5.91 Å². The SMILES string of the molecule is COc1ccc(OC)c(/C=C2\C(=O)N(c3ccc(C(=O)O)cc3)N=C2C)c1. The molecule has 0 aliphatic carbocycles. The van der Waals surface area contributed by atoms with Crippen molar-refractivity contribution >= 4 is 29.4 Å². The second kappa shape index (κ2) is 7.33. The van der Waals surface area contributed by atoms with E-state index in [4.69, 9.17) is 14.6 Å². The maximum absolute atomic E-state index is 12.8. The zero-order valence-corrected chi connectivity index (χ0v) is 15.1. The highest BCUT2D eigenvalue weighted by atomic mass is 16.5. The average molecular weight is 366 g/mol. The van der Waals surface area contributed by atoms with Gasteiger partial charge in [0, 0.05) is 5.56 Å². The lowest BCUT2D eigenvalue weighted by atomic mass is 10.1. The monoisotopic (exact) mass is 366 g/mol. The number of anilines is 1. The molecule has 0 saturated heterocycles. The minimum Gasteiger partial charge on any atom is -0.497 e. The Balaban J connectivity index is 1.96. The number of methoxy groups -OCH3 is 2. The molecule has 7 nitrogen and oxygen atoms in total. The van der Waals surface area contributed by atoms with Crippen LogP contribution in [-0.2, 0) is 4.79 Å². The zero-order valence-electron chi connectivity index (χ0n) is 15.1. The van der Waals surface area contributed by atoms with Crippen molar-refractivity contribution in [2.24, 2.45) is 5.10 Å². The van der Waals surface area contributed by atoms with E-state index in [1.807, 2.05) is 0 Å². The van der Waals surface area contributed by atoms with Crippen molar-refractivity contribution in [3.05, 3.63) is 59.2 Å². The molecule has 1 N–H and O–H groups in total. The first kappa shape index (κ1) is 18.2. The molecule has 1 aliphatic heterocycles. The standard InChI is InChI=1S/C20H18N2O5/c1-12-17(11-14-10-16(26-2)8-9-18(14)27-3)19(23)22(21-12)15-6-4-13(5-7-15)20(24)25/h4-11H,1-3H3,(H,24,25)/b17-11-. The van der Waals surface area contributed by atoms with Gasteiger partial charge in [0.1, 0.15) is 11.5 Å². The van der Waals surface area contributed by atoms with Crippen LogP contribution in [0.3, 0.4) is 0 Å². The summed E-state index contributed by atoms with van der Waals surface area (Å²) < 4.78 is 10.6. The van der Waals surface area contributed by atoms with Crippen molar-refractivity contribution < 1.29 is 24.2 Å². The molecule has 0 unspecified atom stereocenters. The van der Waals surface area contributed by atoms with Gasteiger partial charge in [0.05, 0.1) is 36.8 Å². The van der Waals surface area contributed by atoms with Crippen molar-refractivity contribution in [1.29, 1.82) is 0 Å². The molecule has 0 aromatic heterocycles. The molecule has 0 atom stereocenters. The summed E-state index contributed by atoms with van der Waals surface area (Å²) in [6, 6.07) is 11.3. The first-order valence-electron chi connectivity index (χ1n) is 8.11. The highest BCUT2D eigenvalue weighted by Gasteiger charge is 2.29. The molecule has 138 valence electrons. The van der Waals surface area contributed by atoms with Gasteiger partial charge in [-0.1, -0.05) is 0 Å². The lowest BCUT2D eigenvalue weighted by Gasteiger charge is -2.12. The molecule has 0 radical (unpaired) electrons. The van der Waals surface area contributed by atoms with Gasteiger partial charge < -0.3 is 14.6 Å². The van der Waals surface area contributed by atoms with Crippen molar-refractivity contribution in [1.82, 2.24) is 0 Å². The summed E-state index contributed by atoms with van der Waals surface area (Å²) in [6.07, 6.45) is 1.70. The van der Waals surface area contributed by atoms with Gasteiger partial charge in [-0.2, -0.15) is 10.1 Å². The molecule has 1 aliphatic rings. The van der Waals surface area contributed by atoms with Crippen LogP contribution in [-0.4, -0.2) is 36.9 Å². The topological polar surface area (TPSA) is 88.4 Å². The summed E-state index contributed by atoms with van der Waals surface area (Å²) in [5.74, 6) is -0.0860. The molecule has 0 bridgehead atoms. The fourth-order valence-corrected chi connectivity index (χ4v) is 2.71. The summed E-state index contributed by atoms with van der Waals surface area (Å²) in [4.78, 5) is 23.8. The summed E-state index contributed by atoms with van der Waals surface area (Å²) >= 11 is 0. The fraction of sp³-hybridized carbons (Fsp3) is 0.150. The molecule has 2 aromatic rings. The third-order valence-corrected chi connectivity index (χ3v) is 4.16. The van der Waals surface area contributed by atoms with Gasteiger partial charge in [-0.25, -0.2) is 4.79 Å². The van der Waals surface area contributed by atoms with E-state index in [1.165, 1.54) is 17.1 Å². The Kier molecular flexibility index (Phi) is 4.94. The lowest BCUT2D eigenvalue weighted by molar-refractivity contribution is -0.114. The van der Waals surface area contributed by atoms with Crippen molar-refractivity contribution in [3.63, 3.8) is 0 Å². The Morgan fingerprint density at radius 1 is 1.11 bits per heavy atom. The largest absolute Gasteiger partial charge is 0.497 e. The second-order valence-corrected chi connectivity index (χ2v) is 5.82. The van der Waals surface area contributed by atoms with E-state index in [2.05, 4.69) is 5.10 Å². The molecular formula is C20H18N2O5. The molecule has 7 heteroatoms. The van der Waals surface area contributed by atoms with Crippen LogP contribution in [0.25, 0.3) is 6.08 Å². The Morgan fingerprint density at radius 3 is 2.41 bits per heavy atom. The summed E-state index contributed by atoms with van der Waals surface area (Å²) in [5.41, 5.74) is 2.29. The van der Waals surface area contributed by atoms with E-state index in [-0.39, 0.29) is 11.5 Å². The number of carbonyl (C=O) groups excluding carboxylic acids is 1. The van der Waals surface area contributed by atoms with Crippen LogP contribution in [0, 0.1) is 0 Å². The van der Waals surface area contributed by atoms with Crippen LogP contribution in [0.2, 0.25) is 0 Å². The lowest BCUT2D eigenvalue weighted by Crippen LogP contribution is -2.21. The first-order chi connectivity index (χ1) is 12.9.